The number of ketones is 1. The standard InChI is InChI=1S/C14H11BrFNO/c1-9(13-4-2-3-7-17-13)14(18)11-6-5-10(15)8-12(11)16/h2-9H,1H3. The van der Waals surface area contributed by atoms with E-state index in [-0.39, 0.29) is 11.3 Å². The fourth-order valence-electron chi connectivity index (χ4n) is 1.69. The molecule has 1 aromatic heterocycles. The van der Waals surface area contributed by atoms with Crippen LogP contribution in [0.15, 0.2) is 47.1 Å². The second-order valence-electron chi connectivity index (χ2n) is 3.96. The van der Waals surface area contributed by atoms with Crippen LogP contribution >= 0.6 is 15.9 Å². The summed E-state index contributed by atoms with van der Waals surface area (Å²) in [6.45, 7) is 1.73. The quantitative estimate of drug-likeness (QED) is 0.803. The molecule has 2 aromatic rings. The smallest absolute Gasteiger partial charge is 0.174 e. The lowest BCUT2D eigenvalue weighted by atomic mass is 9.95. The number of carbonyl (C=O) groups is 1. The van der Waals surface area contributed by atoms with Crippen LogP contribution in [-0.2, 0) is 0 Å². The molecule has 1 aromatic carbocycles. The molecule has 0 amide bonds. The third-order valence-corrected chi connectivity index (χ3v) is 3.21. The molecule has 0 aliphatic carbocycles. The zero-order valence-corrected chi connectivity index (χ0v) is 11.3. The van der Waals surface area contributed by atoms with E-state index in [1.54, 1.807) is 31.3 Å². The summed E-state index contributed by atoms with van der Waals surface area (Å²) in [7, 11) is 0. The molecule has 1 unspecified atom stereocenters. The molecule has 0 radical (unpaired) electrons. The molecule has 0 spiro atoms. The van der Waals surface area contributed by atoms with Gasteiger partial charge in [-0.25, -0.2) is 4.39 Å². The van der Waals surface area contributed by atoms with E-state index >= 15 is 0 Å². The van der Waals surface area contributed by atoms with Crippen molar-refractivity contribution in [3.63, 3.8) is 0 Å². The lowest BCUT2D eigenvalue weighted by molar-refractivity contribution is 0.0960. The largest absolute Gasteiger partial charge is 0.293 e. The molecule has 2 rings (SSSR count). The van der Waals surface area contributed by atoms with Crippen LogP contribution in [0.1, 0.15) is 28.9 Å². The number of benzene rings is 1. The summed E-state index contributed by atoms with van der Waals surface area (Å²) in [5.41, 5.74) is 0.737. The predicted octanol–water partition coefficient (Wildman–Crippen LogP) is 3.97. The first-order valence-corrected chi connectivity index (χ1v) is 6.29. The van der Waals surface area contributed by atoms with Gasteiger partial charge in [0.1, 0.15) is 5.82 Å². The first-order chi connectivity index (χ1) is 8.59. The number of carbonyl (C=O) groups excluding carboxylic acids is 1. The molecular weight excluding hydrogens is 297 g/mol. The molecule has 1 atom stereocenters. The highest BCUT2D eigenvalue weighted by Gasteiger charge is 2.21. The first kappa shape index (κ1) is 12.9. The van der Waals surface area contributed by atoms with Gasteiger partial charge < -0.3 is 0 Å². The van der Waals surface area contributed by atoms with Crippen molar-refractivity contribution < 1.29 is 9.18 Å². The van der Waals surface area contributed by atoms with Crippen LogP contribution in [0, 0.1) is 5.82 Å². The number of aromatic nitrogens is 1. The summed E-state index contributed by atoms with van der Waals surface area (Å²) in [6.07, 6.45) is 1.62. The average molecular weight is 308 g/mol. The van der Waals surface area contributed by atoms with E-state index in [0.29, 0.717) is 10.2 Å². The van der Waals surface area contributed by atoms with Crippen molar-refractivity contribution >= 4 is 21.7 Å². The van der Waals surface area contributed by atoms with Crippen LogP contribution in [0.2, 0.25) is 0 Å². The normalized spacial score (nSPS) is 12.2. The molecule has 0 aliphatic heterocycles. The summed E-state index contributed by atoms with van der Waals surface area (Å²) in [4.78, 5) is 16.3. The topological polar surface area (TPSA) is 30.0 Å². The van der Waals surface area contributed by atoms with Crippen LogP contribution in [0.4, 0.5) is 4.39 Å². The van der Waals surface area contributed by atoms with Gasteiger partial charge in [0.15, 0.2) is 5.78 Å². The van der Waals surface area contributed by atoms with Crippen LogP contribution in [0.3, 0.4) is 0 Å². The van der Waals surface area contributed by atoms with Crippen molar-refractivity contribution in [2.24, 2.45) is 0 Å². The van der Waals surface area contributed by atoms with Gasteiger partial charge in [0, 0.05) is 10.7 Å². The number of halogens is 2. The number of pyridine rings is 1. The molecule has 2 nitrogen and oxygen atoms in total. The van der Waals surface area contributed by atoms with Gasteiger partial charge in [-0.2, -0.15) is 0 Å². The maximum atomic E-state index is 13.7. The number of nitrogens with zero attached hydrogens (tertiary/aromatic N) is 1. The van der Waals surface area contributed by atoms with Gasteiger partial charge in [-0.15, -0.1) is 0 Å². The molecule has 0 aliphatic rings. The van der Waals surface area contributed by atoms with E-state index in [1.165, 1.54) is 12.1 Å². The van der Waals surface area contributed by atoms with Crippen molar-refractivity contribution in [2.75, 3.05) is 0 Å². The van der Waals surface area contributed by atoms with Gasteiger partial charge >= 0.3 is 0 Å². The van der Waals surface area contributed by atoms with E-state index in [9.17, 15) is 9.18 Å². The third-order valence-electron chi connectivity index (χ3n) is 2.72. The molecule has 0 saturated heterocycles. The lowest BCUT2D eigenvalue weighted by Gasteiger charge is -2.10. The van der Waals surface area contributed by atoms with Gasteiger partial charge in [-0.1, -0.05) is 22.0 Å². The first-order valence-electron chi connectivity index (χ1n) is 5.50. The number of hydrogen-bond donors (Lipinski definition) is 0. The summed E-state index contributed by atoms with van der Waals surface area (Å²) >= 11 is 3.16. The van der Waals surface area contributed by atoms with Gasteiger partial charge in [0.25, 0.3) is 0 Å². The molecule has 92 valence electrons. The Balaban J connectivity index is 2.32. The van der Waals surface area contributed by atoms with Gasteiger partial charge in [0.05, 0.1) is 17.2 Å². The van der Waals surface area contributed by atoms with Crippen LogP contribution < -0.4 is 0 Å². The molecule has 18 heavy (non-hydrogen) atoms. The third kappa shape index (κ3) is 2.64. The SMILES string of the molecule is CC(C(=O)c1ccc(Br)cc1F)c1ccccn1. The van der Waals surface area contributed by atoms with Crippen LogP contribution in [0.25, 0.3) is 0 Å². The van der Waals surface area contributed by atoms with Crippen molar-refractivity contribution in [1.82, 2.24) is 4.98 Å². The van der Waals surface area contributed by atoms with Gasteiger partial charge in [-0.3, -0.25) is 9.78 Å². The summed E-state index contributed by atoms with van der Waals surface area (Å²) < 4.78 is 14.3. The maximum absolute atomic E-state index is 13.7. The van der Waals surface area contributed by atoms with E-state index in [2.05, 4.69) is 20.9 Å². The summed E-state index contributed by atoms with van der Waals surface area (Å²) in [5.74, 6) is -1.24. The molecule has 1 heterocycles. The molecule has 0 N–H and O–H groups in total. The molecular formula is C14H11BrFNO. The molecule has 0 fully saturated rings. The van der Waals surface area contributed by atoms with E-state index in [1.807, 2.05) is 6.07 Å². The van der Waals surface area contributed by atoms with E-state index in [4.69, 9.17) is 0 Å². The fourth-order valence-corrected chi connectivity index (χ4v) is 2.02. The number of Topliss-reactive ketones (excluding diaryl/α,β-unsaturated/α-hetero) is 1. The highest BCUT2D eigenvalue weighted by Crippen LogP contribution is 2.22. The monoisotopic (exact) mass is 307 g/mol. The minimum atomic E-state index is -0.517. The Kier molecular flexibility index (Phi) is 3.87. The zero-order chi connectivity index (χ0) is 13.1. The Morgan fingerprint density at radius 3 is 2.72 bits per heavy atom. The van der Waals surface area contributed by atoms with Crippen molar-refractivity contribution in [2.45, 2.75) is 12.8 Å². The Bertz CT molecular complexity index is 571. The van der Waals surface area contributed by atoms with E-state index in [0.717, 1.165) is 0 Å². The van der Waals surface area contributed by atoms with Crippen LogP contribution in [0.5, 0.6) is 0 Å². The van der Waals surface area contributed by atoms with Crippen molar-refractivity contribution in [3.05, 3.63) is 64.1 Å². The Morgan fingerprint density at radius 2 is 2.11 bits per heavy atom. The lowest BCUT2D eigenvalue weighted by Crippen LogP contribution is -2.12. The van der Waals surface area contributed by atoms with E-state index < -0.39 is 11.7 Å². The minimum Gasteiger partial charge on any atom is -0.293 e. The van der Waals surface area contributed by atoms with Crippen molar-refractivity contribution in [3.8, 4) is 0 Å². The fraction of sp³-hybridized carbons (Fsp3) is 0.143. The highest BCUT2D eigenvalue weighted by atomic mass is 79.9. The average Bonchev–Trinajstić information content (AvgIpc) is 2.38. The molecule has 4 heteroatoms. The van der Waals surface area contributed by atoms with Crippen LogP contribution in [-0.4, -0.2) is 10.8 Å². The Labute approximate surface area is 113 Å². The molecule has 0 bridgehead atoms. The van der Waals surface area contributed by atoms with Gasteiger partial charge in [-0.05, 0) is 37.3 Å². The summed E-state index contributed by atoms with van der Waals surface area (Å²) in [5, 5.41) is 0. The van der Waals surface area contributed by atoms with Crippen molar-refractivity contribution in [1.29, 1.82) is 0 Å². The highest BCUT2D eigenvalue weighted by molar-refractivity contribution is 9.10. The zero-order valence-electron chi connectivity index (χ0n) is 9.73. The maximum Gasteiger partial charge on any atom is 0.174 e. The number of hydrogen-bond acceptors (Lipinski definition) is 2. The summed E-state index contributed by atoms with van der Waals surface area (Å²) in [6, 6.07) is 9.78. The Hall–Kier alpha value is -1.55. The Morgan fingerprint density at radius 1 is 1.33 bits per heavy atom. The minimum absolute atomic E-state index is 0.0938. The second kappa shape index (κ2) is 5.40. The molecule has 0 saturated carbocycles. The second-order valence-corrected chi connectivity index (χ2v) is 4.88. The predicted molar refractivity (Wildman–Crippen MR) is 71.1 cm³/mol. The van der Waals surface area contributed by atoms with Gasteiger partial charge in [0.2, 0.25) is 0 Å². The number of rotatable bonds is 3.